The number of amides is 1. The third-order valence-electron chi connectivity index (χ3n) is 3.45. The fourth-order valence-corrected chi connectivity index (χ4v) is 2.14. The number of aromatic nitrogens is 1. The number of rotatable bonds is 6. The molecule has 0 bridgehead atoms. The van der Waals surface area contributed by atoms with Gasteiger partial charge >= 0.3 is 5.97 Å². The van der Waals surface area contributed by atoms with Gasteiger partial charge in [0.15, 0.2) is 12.4 Å². The first-order valence-corrected chi connectivity index (χ1v) is 7.38. The summed E-state index contributed by atoms with van der Waals surface area (Å²) in [6.45, 7) is 2.28. The maximum atomic E-state index is 13.6. The highest BCUT2D eigenvalue weighted by Gasteiger charge is 2.17. The second-order valence-electron chi connectivity index (χ2n) is 5.39. The van der Waals surface area contributed by atoms with E-state index in [0.717, 1.165) is 12.1 Å². The molecule has 0 fully saturated rings. The number of ether oxygens (including phenoxy) is 1. The normalized spacial score (nSPS) is 11.7. The minimum atomic E-state index is -0.803. The predicted molar refractivity (Wildman–Crippen MR) is 84.0 cm³/mol. The Labute approximate surface area is 142 Å². The van der Waals surface area contributed by atoms with E-state index in [2.05, 4.69) is 10.3 Å². The zero-order chi connectivity index (χ0) is 18.6. The van der Waals surface area contributed by atoms with Gasteiger partial charge in [-0.05, 0) is 26.0 Å². The van der Waals surface area contributed by atoms with Crippen LogP contribution in [0.1, 0.15) is 46.3 Å². The first-order valence-electron chi connectivity index (χ1n) is 7.38. The van der Waals surface area contributed by atoms with Crippen molar-refractivity contribution in [2.75, 3.05) is 6.61 Å². The van der Waals surface area contributed by atoms with Crippen molar-refractivity contribution in [3.8, 4) is 0 Å². The van der Waals surface area contributed by atoms with Gasteiger partial charge in [-0.15, -0.1) is 0 Å². The summed E-state index contributed by atoms with van der Waals surface area (Å²) in [5, 5.41) is 2.44. The van der Waals surface area contributed by atoms with E-state index in [1.807, 2.05) is 0 Å². The van der Waals surface area contributed by atoms with Crippen LogP contribution in [0.25, 0.3) is 0 Å². The fourth-order valence-electron chi connectivity index (χ4n) is 2.14. The average molecular weight is 350 g/mol. The molecule has 2 N–H and O–H groups in total. The topological polar surface area (TPSA) is 88.3 Å². The lowest BCUT2D eigenvalue weighted by atomic mass is 10.1. The summed E-state index contributed by atoms with van der Waals surface area (Å²) in [5.74, 6) is -3.17. The van der Waals surface area contributed by atoms with Crippen molar-refractivity contribution < 1.29 is 27.9 Å². The molecule has 1 atom stereocenters. The summed E-state index contributed by atoms with van der Waals surface area (Å²) in [6.07, 6.45) is 1.36. The first-order chi connectivity index (χ1) is 11.8. The maximum absolute atomic E-state index is 13.6. The molecule has 25 heavy (non-hydrogen) atoms. The molecule has 2 rings (SSSR count). The number of hydrogen-bond acceptors (Lipinski definition) is 4. The number of ketones is 1. The zero-order valence-electron chi connectivity index (χ0n) is 13.6. The molecule has 0 saturated carbocycles. The third-order valence-corrected chi connectivity index (χ3v) is 3.45. The molecule has 8 heteroatoms. The van der Waals surface area contributed by atoms with Crippen molar-refractivity contribution in [3.05, 3.63) is 58.9 Å². The molecule has 132 valence electrons. The molecule has 0 aliphatic heterocycles. The smallest absolute Gasteiger partial charge is 0.355 e. The predicted octanol–water partition coefficient (Wildman–Crippen LogP) is 2.53. The van der Waals surface area contributed by atoms with E-state index in [-0.39, 0.29) is 17.0 Å². The van der Waals surface area contributed by atoms with Crippen LogP contribution in [0.15, 0.2) is 30.5 Å². The van der Waals surface area contributed by atoms with Gasteiger partial charge in [-0.3, -0.25) is 9.59 Å². The van der Waals surface area contributed by atoms with E-state index >= 15 is 0 Å². The lowest BCUT2D eigenvalue weighted by Gasteiger charge is -2.15. The Balaban J connectivity index is 1.89. The summed E-state index contributed by atoms with van der Waals surface area (Å²) in [5.41, 5.74) is 0.462. The molecule has 1 aromatic heterocycles. The van der Waals surface area contributed by atoms with Gasteiger partial charge in [0.2, 0.25) is 0 Å². The van der Waals surface area contributed by atoms with Gasteiger partial charge in [0.05, 0.1) is 6.04 Å². The fraction of sp³-hybridized carbons (Fsp3) is 0.235. The van der Waals surface area contributed by atoms with Crippen molar-refractivity contribution in [2.24, 2.45) is 0 Å². The summed E-state index contributed by atoms with van der Waals surface area (Å²) >= 11 is 0. The van der Waals surface area contributed by atoms with Gasteiger partial charge in [-0.2, -0.15) is 0 Å². The molecule has 1 heterocycles. The van der Waals surface area contributed by atoms with Gasteiger partial charge in [0.25, 0.3) is 5.91 Å². The maximum Gasteiger partial charge on any atom is 0.355 e. The van der Waals surface area contributed by atoms with Crippen molar-refractivity contribution in [2.45, 2.75) is 19.9 Å². The number of H-pyrrole nitrogens is 1. The Hall–Kier alpha value is -3.03. The largest absolute Gasteiger partial charge is 0.451 e. The molecule has 0 radical (unpaired) electrons. The van der Waals surface area contributed by atoms with Crippen LogP contribution in [0.2, 0.25) is 0 Å². The lowest BCUT2D eigenvalue weighted by molar-refractivity contribution is -0.124. The summed E-state index contributed by atoms with van der Waals surface area (Å²) < 4.78 is 31.4. The molecule has 0 unspecified atom stereocenters. The zero-order valence-corrected chi connectivity index (χ0v) is 13.6. The van der Waals surface area contributed by atoms with Crippen LogP contribution in [0.5, 0.6) is 0 Å². The van der Waals surface area contributed by atoms with E-state index in [1.54, 1.807) is 0 Å². The quantitative estimate of drug-likeness (QED) is 0.619. The Morgan fingerprint density at radius 3 is 2.56 bits per heavy atom. The van der Waals surface area contributed by atoms with Crippen LogP contribution >= 0.6 is 0 Å². The number of halogens is 2. The Morgan fingerprint density at radius 2 is 1.96 bits per heavy atom. The van der Waals surface area contributed by atoms with Crippen molar-refractivity contribution in [3.63, 3.8) is 0 Å². The van der Waals surface area contributed by atoms with Gasteiger partial charge in [0, 0.05) is 23.4 Å². The molecule has 6 nitrogen and oxygen atoms in total. The van der Waals surface area contributed by atoms with Gasteiger partial charge in [-0.1, -0.05) is 6.07 Å². The van der Waals surface area contributed by atoms with Crippen molar-refractivity contribution in [1.82, 2.24) is 10.3 Å². The standard InChI is InChI=1S/C17H16F2N2O4/c1-9(13-4-3-12(18)6-14(13)19)21-16(23)8-25-17(24)15-5-11(7-20-15)10(2)22/h3-7,9,20H,8H2,1-2H3,(H,21,23)/t9-/m0/s1. The molecule has 0 spiro atoms. The SMILES string of the molecule is CC(=O)c1c[nH]c(C(=O)OCC(=O)N[C@@H](C)c2ccc(F)cc2F)c1. The van der Waals surface area contributed by atoms with E-state index in [0.29, 0.717) is 5.56 Å². The Bertz CT molecular complexity index is 817. The minimum absolute atomic E-state index is 0.0376. The van der Waals surface area contributed by atoms with E-state index < -0.39 is 36.2 Å². The number of benzene rings is 1. The highest BCUT2D eigenvalue weighted by molar-refractivity contribution is 5.97. The van der Waals surface area contributed by atoms with Crippen LogP contribution in [0, 0.1) is 11.6 Å². The molecule has 0 aliphatic carbocycles. The van der Waals surface area contributed by atoms with E-state index in [9.17, 15) is 23.2 Å². The summed E-state index contributed by atoms with van der Waals surface area (Å²) in [6, 6.07) is 3.61. The van der Waals surface area contributed by atoms with Crippen LogP contribution < -0.4 is 5.32 Å². The number of carbonyl (C=O) groups excluding carboxylic acids is 3. The van der Waals surface area contributed by atoms with Crippen molar-refractivity contribution >= 4 is 17.7 Å². The van der Waals surface area contributed by atoms with Crippen LogP contribution in [-0.2, 0) is 9.53 Å². The number of nitrogens with one attached hydrogen (secondary N) is 2. The highest BCUT2D eigenvalue weighted by Crippen LogP contribution is 2.17. The molecule has 1 amide bonds. The monoisotopic (exact) mass is 350 g/mol. The van der Waals surface area contributed by atoms with Gasteiger partial charge in [0.1, 0.15) is 17.3 Å². The Kier molecular flexibility index (Phi) is 5.63. The molecular formula is C17H16F2N2O4. The first kappa shape index (κ1) is 18.3. The molecule has 0 saturated heterocycles. The Morgan fingerprint density at radius 1 is 1.24 bits per heavy atom. The van der Waals surface area contributed by atoms with E-state index in [4.69, 9.17) is 4.74 Å². The summed E-state index contributed by atoms with van der Waals surface area (Å²) in [7, 11) is 0. The minimum Gasteiger partial charge on any atom is -0.451 e. The van der Waals surface area contributed by atoms with Crippen LogP contribution in [0.3, 0.4) is 0 Å². The number of Topliss-reactive ketones (excluding diaryl/α,β-unsaturated/α-hetero) is 1. The number of hydrogen-bond donors (Lipinski definition) is 2. The summed E-state index contributed by atoms with van der Waals surface area (Å²) in [4.78, 5) is 37.3. The number of carbonyl (C=O) groups is 3. The lowest BCUT2D eigenvalue weighted by Crippen LogP contribution is -2.31. The molecular weight excluding hydrogens is 334 g/mol. The number of aromatic amines is 1. The highest BCUT2D eigenvalue weighted by atomic mass is 19.1. The molecule has 1 aromatic carbocycles. The molecule has 0 aliphatic rings. The van der Waals surface area contributed by atoms with Crippen LogP contribution in [0.4, 0.5) is 8.78 Å². The van der Waals surface area contributed by atoms with Gasteiger partial charge in [-0.25, -0.2) is 13.6 Å². The second kappa shape index (κ2) is 7.69. The number of esters is 1. The van der Waals surface area contributed by atoms with Gasteiger partial charge < -0.3 is 15.0 Å². The van der Waals surface area contributed by atoms with E-state index in [1.165, 1.54) is 32.2 Å². The van der Waals surface area contributed by atoms with Crippen molar-refractivity contribution in [1.29, 1.82) is 0 Å². The molecule has 2 aromatic rings. The van der Waals surface area contributed by atoms with Crippen LogP contribution in [-0.4, -0.2) is 29.3 Å². The third kappa shape index (κ3) is 4.72. The average Bonchev–Trinajstić information content (AvgIpc) is 3.02. The second-order valence-corrected chi connectivity index (χ2v) is 5.39.